The van der Waals surface area contributed by atoms with Crippen molar-refractivity contribution in [1.29, 1.82) is 0 Å². The zero-order chi connectivity index (χ0) is 25.1. The number of carboxylic acids is 1. The maximum absolute atomic E-state index is 14.7. The van der Waals surface area contributed by atoms with Crippen molar-refractivity contribution < 1.29 is 23.9 Å². The number of carboxylic acid groups (broad SMARTS) is 1. The quantitative estimate of drug-likeness (QED) is 0.434. The number of benzene rings is 1. The van der Waals surface area contributed by atoms with Gasteiger partial charge in [0.2, 0.25) is 5.91 Å². The zero-order valence-corrected chi connectivity index (χ0v) is 19.6. The summed E-state index contributed by atoms with van der Waals surface area (Å²) >= 11 is 6.97. The van der Waals surface area contributed by atoms with Gasteiger partial charge in [-0.1, -0.05) is 11.6 Å². The minimum Gasteiger partial charge on any atom is -0.480 e. The smallest absolute Gasteiger partial charge is 0.317 e. The average Bonchev–Trinajstić information content (AvgIpc) is 3.41. The van der Waals surface area contributed by atoms with E-state index in [0.29, 0.717) is 9.21 Å². The number of carbonyl (C=O) groups is 3. The van der Waals surface area contributed by atoms with Gasteiger partial charge in [0, 0.05) is 31.0 Å². The molecule has 0 radical (unpaired) electrons. The molecule has 2 atom stereocenters. The highest BCUT2D eigenvalue weighted by Crippen LogP contribution is 2.24. The highest BCUT2D eigenvalue weighted by Gasteiger charge is 2.38. The van der Waals surface area contributed by atoms with Gasteiger partial charge in [-0.2, -0.15) is 0 Å². The fourth-order valence-electron chi connectivity index (χ4n) is 3.85. The number of aliphatic carboxylic acids is 1. The molecular weight excluding hydrogens is 501 g/mol. The lowest BCUT2D eigenvalue weighted by atomic mass is 10.1. The molecule has 1 aromatic carbocycles. The molecule has 182 valence electrons. The van der Waals surface area contributed by atoms with Crippen LogP contribution in [0.5, 0.6) is 0 Å². The summed E-state index contributed by atoms with van der Waals surface area (Å²) < 4.78 is 16.4. The van der Waals surface area contributed by atoms with E-state index in [2.05, 4.69) is 15.6 Å². The Morgan fingerprint density at radius 1 is 1.26 bits per heavy atom. The number of halogens is 2. The minimum atomic E-state index is -1.14. The Morgan fingerprint density at radius 2 is 2.06 bits per heavy atom. The summed E-state index contributed by atoms with van der Waals surface area (Å²) in [5.41, 5.74) is -0.327. The SMILES string of the molecule is O=C(O)CN1C[C@@H](NC(=O)c2ccc(Cl)s2)C[C@H]1C(=O)Nc1ccc(-n2ccncc2=O)cc1F. The van der Waals surface area contributed by atoms with E-state index in [-0.39, 0.29) is 30.2 Å². The Balaban J connectivity index is 1.47. The number of amides is 2. The number of likely N-dealkylation sites (tertiary alicyclic amines) is 1. The number of nitrogens with one attached hydrogen (secondary N) is 2. The summed E-state index contributed by atoms with van der Waals surface area (Å²) in [7, 11) is 0. The van der Waals surface area contributed by atoms with E-state index in [4.69, 9.17) is 11.6 Å². The van der Waals surface area contributed by atoms with Crippen LogP contribution in [0.25, 0.3) is 5.69 Å². The highest BCUT2D eigenvalue weighted by atomic mass is 35.5. The van der Waals surface area contributed by atoms with Crippen LogP contribution in [-0.4, -0.2) is 62.5 Å². The Bertz CT molecular complexity index is 1350. The molecule has 4 rings (SSSR count). The van der Waals surface area contributed by atoms with Crippen molar-refractivity contribution >= 4 is 46.4 Å². The second-order valence-electron chi connectivity index (χ2n) is 7.79. The van der Waals surface area contributed by atoms with Gasteiger partial charge in [-0.3, -0.25) is 33.6 Å². The molecular formula is C22H19ClFN5O5S. The zero-order valence-electron chi connectivity index (χ0n) is 18.0. The summed E-state index contributed by atoms with van der Waals surface area (Å²) in [5, 5.41) is 14.5. The van der Waals surface area contributed by atoms with Crippen molar-refractivity contribution in [3.05, 3.63) is 74.3 Å². The van der Waals surface area contributed by atoms with Crippen molar-refractivity contribution in [2.24, 2.45) is 0 Å². The van der Waals surface area contributed by atoms with E-state index in [9.17, 15) is 28.7 Å². The van der Waals surface area contributed by atoms with Crippen LogP contribution < -0.4 is 16.2 Å². The maximum atomic E-state index is 14.7. The lowest BCUT2D eigenvalue weighted by molar-refractivity contribution is -0.139. The van der Waals surface area contributed by atoms with Crippen molar-refractivity contribution in [2.45, 2.75) is 18.5 Å². The van der Waals surface area contributed by atoms with E-state index in [1.807, 2.05) is 0 Å². The van der Waals surface area contributed by atoms with E-state index < -0.39 is 41.9 Å². The monoisotopic (exact) mass is 519 g/mol. The second kappa shape index (κ2) is 10.3. The molecule has 1 aliphatic rings. The number of carbonyl (C=O) groups excluding carboxylic acids is 2. The lowest BCUT2D eigenvalue weighted by Gasteiger charge is -2.21. The molecule has 2 amide bonds. The minimum absolute atomic E-state index is 0.127. The van der Waals surface area contributed by atoms with Gasteiger partial charge in [-0.15, -0.1) is 11.3 Å². The number of thiophene rings is 1. The molecule has 3 aromatic rings. The van der Waals surface area contributed by atoms with Crippen LogP contribution in [0, 0.1) is 5.82 Å². The fraction of sp³-hybridized carbons (Fsp3) is 0.227. The summed E-state index contributed by atoms with van der Waals surface area (Å²) in [4.78, 5) is 54.2. The van der Waals surface area contributed by atoms with Crippen LogP contribution in [0.3, 0.4) is 0 Å². The van der Waals surface area contributed by atoms with Gasteiger partial charge in [0.25, 0.3) is 11.5 Å². The van der Waals surface area contributed by atoms with Crippen molar-refractivity contribution in [1.82, 2.24) is 19.8 Å². The van der Waals surface area contributed by atoms with Crippen molar-refractivity contribution in [3.8, 4) is 5.69 Å². The molecule has 1 saturated heterocycles. The van der Waals surface area contributed by atoms with Crippen LogP contribution in [0.2, 0.25) is 4.34 Å². The van der Waals surface area contributed by atoms with Crippen LogP contribution in [0.1, 0.15) is 16.1 Å². The van der Waals surface area contributed by atoms with E-state index in [0.717, 1.165) is 23.6 Å². The summed E-state index contributed by atoms with van der Waals surface area (Å²) in [6.07, 6.45) is 3.99. The number of rotatable bonds is 7. The van der Waals surface area contributed by atoms with Crippen molar-refractivity contribution in [2.75, 3.05) is 18.4 Å². The number of anilines is 1. The molecule has 10 nitrogen and oxygen atoms in total. The van der Waals surface area contributed by atoms with E-state index in [1.54, 1.807) is 12.1 Å². The standard InChI is InChI=1S/C22H19ClFN5O5S/c23-18-4-3-17(35-18)22(34)26-12-7-16(28(10-12)11-20(31)32)21(33)27-15-2-1-13(8-14(15)24)29-6-5-25-9-19(29)30/h1-6,8-9,12,16H,7,10-11H2,(H,26,34)(H,27,33)(H,31,32)/t12-,16-/m0/s1. The first-order valence-corrected chi connectivity index (χ1v) is 11.6. The van der Waals surface area contributed by atoms with Crippen LogP contribution in [0.15, 0.2) is 53.7 Å². The van der Waals surface area contributed by atoms with Gasteiger partial charge in [0.1, 0.15) is 5.82 Å². The van der Waals surface area contributed by atoms with Gasteiger partial charge in [-0.25, -0.2) is 4.39 Å². The molecule has 0 bridgehead atoms. The molecule has 0 unspecified atom stereocenters. The van der Waals surface area contributed by atoms with Crippen LogP contribution in [-0.2, 0) is 9.59 Å². The topological polar surface area (TPSA) is 134 Å². The molecule has 2 aromatic heterocycles. The molecule has 0 spiro atoms. The summed E-state index contributed by atoms with van der Waals surface area (Å²) in [6.45, 7) is -0.302. The molecule has 3 heterocycles. The Hall–Kier alpha value is -3.61. The largest absolute Gasteiger partial charge is 0.480 e. The Morgan fingerprint density at radius 3 is 2.71 bits per heavy atom. The third-order valence-electron chi connectivity index (χ3n) is 5.39. The number of hydrogen-bond donors (Lipinski definition) is 3. The summed E-state index contributed by atoms with van der Waals surface area (Å²) in [5.74, 6) is -2.91. The van der Waals surface area contributed by atoms with Gasteiger partial charge >= 0.3 is 5.97 Å². The van der Waals surface area contributed by atoms with Crippen LogP contribution in [0.4, 0.5) is 10.1 Å². The predicted octanol–water partition coefficient (Wildman–Crippen LogP) is 1.98. The normalized spacial score (nSPS) is 17.8. The fourth-order valence-corrected chi connectivity index (χ4v) is 4.80. The van der Waals surface area contributed by atoms with E-state index in [1.165, 1.54) is 34.0 Å². The highest BCUT2D eigenvalue weighted by molar-refractivity contribution is 7.18. The molecule has 1 fully saturated rings. The average molecular weight is 520 g/mol. The number of aromatic nitrogens is 2. The van der Waals surface area contributed by atoms with Crippen molar-refractivity contribution in [3.63, 3.8) is 0 Å². The molecule has 3 N–H and O–H groups in total. The lowest BCUT2D eigenvalue weighted by Crippen LogP contribution is -2.42. The maximum Gasteiger partial charge on any atom is 0.317 e. The number of nitrogens with zero attached hydrogens (tertiary/aromatic N) is 3. The first-order chi connectivity index (χ1) is 16.7. The molecule has 35 heavy (non-hydrogen) atoms. The summed E-state index contributed by atoms with van der Waals surface area (Å²) in [6, 6.07) is 5.62. The Labute approximate surface area is 207 Å². The molecule has 1 aliphatic heterocycles. The van der Waals surface area contributed by atoms with Crippen LogP contribution >= 0.6 is 22.9 Å². The Kier molecular flexibility index (Phi) is 7.24. The third kappa shape index (κ3) is 5.73. The molecule has 0 aliphatic carbocycles. The third-order valence-corrected chi connectivity index (χ3v) is 6.62. The van der Waals surface area contributed by atoms with Gasteiger partial charge in [0.05, 0.1) is 39.4 Å². The van der Waals surface area contributed by atoms with Gasteiger partial charge < -0.3 is 15.7 Å². The molecule has 13 heteroatoms. The predicted molar refractivity (Wildman–Crippen MR) is 127 cm³/mol. The van der Waals surface area contributed by atoms with Gasteiger partial charge in [0.15, 0.2) is 0 Å². The second-order valence-corrected chi connectivity index (χ2v) is 9.50. The number of hydrogen-bond acceptors (Lipinski definition) is 7. The first kappa shape index (κ1) is 24.5. The van der Waals surface area contributed by atoms with E-state index >= 15 is 0 Å². The molecule has 0 saturated carbocycles. The van der Waals surface area contributed by atoms with Gasteiger partial charge in [-0.05, 0) is 30.7 Å². The first-order valence-electron chi connectivity index (χ1n) is 10.4.